The van der Waals surface area contributed by atoms with Gasteiger partial charge in [-0.2, -0.15) is 16.4 Å². The number of amidine groups is 1. The summed E-state index contributed by atoms with van der Waals surface area (Å²) >= 11 is 3.11. The Morgan fingerprint density at radius 2 is 2.12 bits per heavy atom. The molecule has 0 atom stereocenters. The van der Waals surface area contributed by atoms with Crippen LogP contribution >= 0.6 is 34.6 Å². The maximum absolute atomic E-state index is 12.4. The highest BCUT2D eigenvalue weighted by molar-refractivity contribution is 14.1. The van der Waals surface area contributed by atoms with Crippen molar-refractivity contribution >= 4 is 45.5 Å². The smallest absolute Gasteiger partial charge is 0.334 e. The zero-order chi connectivity index (χ0) is 12.2. The van der Waals surface area contributed by atoms with Gasteiger partial charge in [-0.15, -0.1) is 0 Å². The van der Waals surface area contributed by atoms with E-state index in [-0.39, 0.29) is 0 Å². The second-order valence-electron chi connectivity index (χ2n) is 2.80. The van der Waals surface area contributed by atoms with Crippen molar-refractivity contribution in [3.63, 3.8) is 0 Å². The molecule has 0 bridgehead atoms. The molecule has 16 heavy (non-hydrogen) atoms. The fourth-order valence-electron chi connectivity index (χ4n) is 1.00. The quantitative estimate of drug-likeness (QED) is 0.462. The lowest BCUT2D eigenvalue weighted by Crippen LogP contribution is -2.09. The minimum absolute atomic E-state index is 0.375. The van der Waals surface area contributed by atoms with Gasteiger partial charge in [-0.3, -0.25) is 0 Å². The van der Waals surface area contributed by atoms with E-state index < -0.39 is 11.7 Å². The van der Waals surface area contributed by atoms with Crippen molar-refractivity contribution in [1.29, 1.82) is 0 Å². The summed E-state index contributed by atoms with van der Waals surface area (Å²) in [5, 5.41) is 3.35. The second kappa shape index (κ2) is 5.76. The van der Waals surface area contributed by atoms with Gasteiger partial charge in [0.2, 0.25) is 0 Å². The van der Waals surface area contributed by atoms with E-state index in [0.29, 0.717) is 10.9 Å². The average Bonchev–Trinajstić information content (AvgIpc) is 2.25. The summed E-state index contributed by atoms with van der Waals surface area (Å²) in [6.07, 6.45) is -2.53. The molecule has 0 amide bonds. The number of benzene rings is 1. The highest BCUT2D eigenvalue weighted by Gasteiger charge is 2.30. The number of nitrogens with zero attached hydrogens (tertiary/aromatic N) is 1. The normalized spacial score (nSPS) is 12.7. The van der Waals surface area contributed by atoms with Crippen molar-refractivity contribution in [1.82, 2.24) is 0 Å². The van der Waals surface area contributed by atoms with Crippen molar-refractivity contribution in [2.45, 2.75) is 6.18 Å². The maximum Gasteiger partial charge on any atom is 0.416 e. The molecule has 0 aliphatic heterocycles. The molecule has 0 fully saturated rings. The van der Waals surface area contributed by atoms with Crippen LogP contribution < -0.4 is 5.32 Å². The summed E-state index contributed by atoms with van der Waals surface area (Å²) < 4.78 is 41.1. The number of rotatable bonds is 1. The van der Waals surface area contributed by atoms with Crippen molar-refractivity contribution in [2.75, 3.05) is 11.6 Å². The Morgan fingerprint density at radius 1 is 1.44 bits per heavy atom. The van der Waals surface area contributed by atoms with E-state index >= 15 is 0 Å². The van der Waals surface area contributed by atoms with E-state index in [9.17, 15) is 13.2 Å². The predicted octanol–water partition coefficient (Wildman–Crippen LogP) is 4.19. The lowest BCUT2D eigenvalue weighted by atomic mass is 10.2. The van der Waals surface area contributed by atoms with Crippen molar-refractivity contribution < 1.29 is 13.2 Å². The van der Waals surface area contributed by atoms with Gasteiger partial charge in [0.15, 0.2) is 5.17 Å². The van der Waals surface area contributed by atoms with Gasteiger partial charge in [0.25, 0.3) is 0 Å². The molecular formula is C9H8F3IN2S. The Bertz CT molecular complexity index is 393. The molecule has 2 nitrogen and oxygen atoms in total. The van der Waals surface area contributed by atoms with E-state index in [4.69, 9.17) is 0 Å². The average molecular weight is 360 g/mol. The molecule has 7 heteroatoms. The van der Waals surface area contributed by atoms with Crippen LogP contribution in [-0.2, 0) is 6.18 Å². The third kappa shape index (κ3) is 3.85. The molecule has 0 aliphatic carbocycles. The largest absolute Gasteiger partial charge is 0.416 e. The maximum atomic E-state index is 12.4. The third-order valence-electron chi connectivity index (χ3n) is 1.71. The van der Waals surface area contributed by atoms with Gasteiger partial charge in [0.05, 0.1) is 28.4 Å². The van der Waals surface area contributed by atoms with Crippen LogP contribution in [0.25, 0.3) is 0 Å². The summed E-state index contributed by atoms with van der Waals surface area (Å²) in [5.74, 6) is 0. The van der Waals surface area contributed by atoms with Gasteiger partial charge in [0.1, 0.15) is 0 Å². The van der Waals surface area contributed by atoms with E-state index in [1.54, 1.807) is 35.2 Å². The fraction of sp³-hybridized carbons (Fsp3) is 0.222. The Hall–Kier alpha value is -0.440. The van der Waals surface area contributed by atoms with Crippen molar-refractivity contribution in [2.24, 2.45) is 3.21 Å². The molecule has 0 heterocycles. The Morgan fingerprint density at radius 3 is 2.62 bits per heavy atom. The lowest BCUT2D eigenvalue weighted by molar-refractivity contribution is -0.137. The molecule has 0 spiro atoms. The van der Waals surface area contributed by atoms with Crippen molar-refractivity contribution in [3.05, 3.63) is 29.8 Å². The standard InChI is InChI=1S/C9H8F3IN2S/c1-16-8(15-13)14-7-4-2-3-6(5-7)9(10,11)12/h2-5H,1H3,(H,14,15). The highest BCUT2D eigenvalue weighted by Crippen LogP contribution is 2.30. The van der Waals surface area contributed by atoms with Gasteiger partial charge in [-0.25, -0.2) is 0 Å². The first kappa shape index (κ1) is 13.6. The molecule has 0 aliphatic rings. The first-order valence-electron chi connectivity index (χ1n) is 4.14. The number of hydrogen-bond acceptors (Lipinski definition) is 2. The first-order chi connectivity index (χ1) is 7.47. The minimum atomic E-state index is -4.32. The fourth-order valence-corrected chi connectivity index (χ4v) is 2.00. The summed E-state index contributed by atoms with van der Waals surface area (Å²) in [6, 6.07) is 5.01. The zero-order valence-electron chi connectivity index (χ0n) is 8.18. The van der Waals surface area contributed by atoms with Crippen LogP contribution in [0.5, 0.6) is 0 Å². The monoisotopic (exact) mass is 360 g/mol. The number of halogens is 4. The molecule has 0 unspecified atom stereocenters. The number of anilines is 1. The molecule has 88 valence electrons. The van der Waals surface area contributed by atoms with Gasteiger partial charge in [-0.1, -0.05) is 17.8 Å². The molecule has 1 rings (SSSR count). The molecule has 0 saturated heterocycles. The molecule has 0 radical (unpaired) electrons. The lowest BCUT2D eigenvalue weighted by Gasteiger charge is -2.10. The molecule has 0 saturated carbocycles. The highest BCUT2D eigenvalue weighted by atomic mass is 127. The van der Waals surface area contributed by atoms with Crippen LogP contribution in [-0.4, -0.2) is 11.4 Å². The second-order valence-corrected chi connectivity index (χ2v) is 4.07. The Balaban J connectivity index is 2.91. The summed E-state index contributed by atoms with van der Waals surface area (Å²) in [7, 11) is 0. The molecule has 1 N–H and O–H groups in total. The van der Waals surface area contributed by atoms with Gasteiger partial charge in [-0.05, 0) is 24.5 Å². The molecule has 0 aromatic heterocycles. The number of alkyl halides is 3. The van der Waals surface area contributed by atoms with Gasteiger partial charge < -0.3 is 5.32 Å². The Kier molecular flexibility index (Phi) is 4.90. The molecular weight excluding hydrogens is 352 g/mol. The van der Waals surface area contributed by atoms with Gasteiger partial charge >= 0.3 is 6.18 Å². The summed E-state index contributed by atoms with van der Waals surface area (Å²) in [4.78, 5) is 0. The van der Waals surface area contributed by atoms with Crippen LogP contribution in [0.4, 0.5) is 18.9 Å². The van der Waals surface area contributed by atoms with E-state index in [2.05, 4.69) is 8.52 Å². The van der Waals surface area contributed by atoms with Crippen LogP contribution in [0.2, 0.25) is 0 Å². The SMILES string of the molecule is CSC(=NI)Nc1cccc(C(F)(F)F)c1. The minimum Gasteiger partial charge on any atom is -0.334 e. The van der Waals surface area contributed by atoms with E-state index in [1.165, 1.54) is 17.8 Å². The van der Waals surface area contributed by atoms with E-state index in [1.807, 2.05) is 0 Å². The number of hydrogen-bond donors (Lipinski definition) is 1. The van der Waals surface area contributed by atoms with Crippen molar-refractivity contribution in [3.8, 4) is 0 Å². The molecule has 1 aromatic carbocycles. The number of nitrogens with one attached hydrogen (secondary N) is 1. The molecule has 1 aromatic rings. The van der Waals surface area contributed by atoms with Crippen LogP contribution in [0, 0.1) is 0 Å². The van der Waals surface area contributed by atoms with Crippen LogP contribution in [0.1, 0.15) is 5.56 Å². The Labute approximate surface area is 109 Å². The van der Waals surface area contributed by atoms with Gasteiger partial charge in [0, 0.05) is 5.69 Å². The van der Waals surface area contributed by atoms with Crippen LogP contribution in [0.3, 0.4) is 0 Å². The zero-order valence-corrected chi connectivity index (χ0v) is 11.2. The van der Waals surface area contributed by atoms with E-state index in [0.717, 1.165) is 12.1 Å². The summed E-state index contributed by atoms with van der Waals surface area (Å²) in [6.45, 7) is 0. The van der Waals surface area contributed by atoms with Crippen LogP contribution in [0.15, 0.2) is 27.5 Å². The topological polar surface area (TPSA) is 24.4 Å². The summed E-state index contributed by atoms with van der Waals surface area (Å²) in [5.41, 5.74) is -0.300. The third-order valence-corrected chi connectivity index (χ3v) is 3.10. The first-order valence-corrected chi connectivity index (χ1v) is 6.33. The predicted molar refractivity (Wildman–Crippen MR) is 70.0 cm³/mol. The number of thioether (sulfide) groups is 1.